The van der Waals surface area contributed by atoms with E-state index >= 15 is 0 Å². The van der Waals surface area contributed by atoms with Gasteiger partial charge in [-0.3, -0.25) is 4.79 Å². The second-order valence-corrected chi connectivity index (χ2v) is 6.12. The van der Waals surface area contributed by atoms with Crippen molar-refractivity contribution in [1.29, 1.82) is 0 Å². The van der Waals surface area contributed by atoms with Crippen molar-refractivity contribution in [1.82, 2.24) is 14.3 Å². The van der Waals surface area contributed by atoms with Crippen molar-refractivity contribution in [2.45, 2.75) is 11.9 Å². The SMILES string of the molecule is CC(=O)CSc1ncnc2c(-c3ccc(F)cc3)nsc12. The summed E-state index contributed by atoms with van der Waals surface area (Å²) in [6, 6.07) is 6.14. The number of Topliss-reactive ketones (excluding diaryl/α,β-unsaturated/α-hetero) is 1. The summed E-state index contributed by atoms with van der Waals surface area (Å²) in [7, 11) is 0. The van der Waals surface area contributed by atoms with Crippen LogP contribution in [0, 0.1) is 5.82 Å². The third-order valence-electron chi connectivity index (χ3n) is 2.75. The van der Waals surface area contributed by atoms with Crippen LogP contribution < -0.4 is 0 Å². The van der Waals surface area contributed by atoms with Gasteiger partial charge in [0.2, 0.25) is 0 Å². The highest BCUT2D eigenvalue weighted by atomic mass is 32.2. The van der Waals surface area contributed by atoms with Crippen molar-refractivity contribution in [3.63, 3.8) is 0 Å². The zero-order chi connectivity index (χ0) is 14.8. The summed E-state index contributed by atoms with van der Waals surface area (Å²) in [5.74, 6) is 0.177. The third-order valence-corrected chi connectivity index (χ3v) is 4.86. The molecule has 2 aromatic heterocycles. The summed E-state index contributed by atoms with van der Waals surface area (Å²) in [5.41, 5.74) is 2.25. The Balaban J connectivity index is 2.04. The van der Waals surface area contributed by atoms with E-state index < -0.39 is 0 Å². The van der Waals surface area contributed by atoms with Crippen molar-refractivity contribution in [2.75, 3.05) is 5.75 Å². The van der Waals surface area contributed by atoms with Crippen molar-refractivity contribution in [2.24, 2.45) is 0 Å². The molecule has 0 radical (unpaired) electrons. The topological polar surface area (TPSA) is 55.7 Å². The molecule has 106 valence electrons. The number of halogens is 1. The lowest BCUT2D eigenvalue weighted by molar-refractivity contribution is -0.114. The summed E-state index contributed by atoms with van der Waals surface area (Å²) in [6.45, 7) is 1.54. The summed E-state index contributed by atoms with van der Waals surface area (Å²) >= 11 is 2.67. The van der Waals surface area contributed by atoms with Gasteiger partial charge in [-0.25, -0.2) is 14.4 Å². The molecule has 0 saturated carbocycles. The number of aromatic nitrogens is 3. The molecule has 1 aromatic carbocycles. The molecule has 3 rings (SSSR count). The lowest BCUT2D eigenvalue weighted by Gasteiger charge is -2.00. The fraction of sp³-hybridized carbons (Fsp3) is 0.143. The molecule has 3 aromatic rings. The second kappa shape index (κ2) is 5.87. The van der Waals surface area contributed by atoms with E-state index in [2.05, 4.69) is 14.3 Å². The van der Waals surface area contributed by atoms with Crippen LogP contribution >= 0.6 is 23.3 Å². The lowest BCUT2D eigenvalue weighted by Crippen LogP contribution is -1.94. The average molecular weight is 319 g/mol. The zero-order valence-electron chi connectivity index (χ0n) is 11.0. The highest BCUT2D eigenvalue weighted by molar-refractivity contribution is 8.00. The van der Waals surface area contributed by atoms with Gasteiger partial charge in [0.15, 0.2) is 0 Å². The van der Waals surface area contributed by atoms with Gasteiger partial charge in [0.1, 0.15) is 38.9 Å². The molecule has 0 atom stereocenters. The van der Waals surface area contributed by atoms with Crippen LogP contribution in [-0.4, -0.2) is 25.9 Å². The first-order valence-electron chi connectivity index (χ1n) is 6.13. The average Bonchev–Trinajstić information content (AvgIpc) is 2.90. The van der Waals surface area contributed by atoms with Crippen molar-refractivity contribution >= 4 is 39.3 Å². The maximum Gasteiger partial charge on any atom is 0.140 e. The Morgan fingerprint density at radius 2 is 2.05 bits per heavy atom. The van der Waals surface area contributed by atoms with E-state index in [4.69, 9.17) is 0 Å². The minimum Gasteiger partial charge on any atom is -0.299 e. The molecule has 2 heterocycles. The Kier molecular flexibility index (Phi) is 3.94. The minimum absolute atomic E-state index is 0.0926. The second-order valence-electron chi connectivity index (χ2n) is 4.39. The molecule has 4 nitrogen and oxygen atoms in total. The molecule has 0 bridgehead atoms. The number of benzene rings is 1. The van der Waals surface area contributed by atoms with Gasteiger partial charge in [0.25, 0.3) is 0 Å². The van der Waals surface area contributed by atoms with E-state index in [1.165, 1.54) is 41.8 Å². The molecule has 0 aliphatic heterocycles. The molecule has 0 N–H and O–H groups in total. The number of hydrogen-bond donors (Lipinski definition) is 0. The summed E-state index contributed by atoms with van der Waals surface area (Å²) in [5, 5.41) is 0.751. The lowest BCUT2D eigenvalue weighted by atomic mass is 10.1. The largest absolute Gasteiger partial charge is 0.299 e. The maximum atomic E-state index is 13.0. The summed E-state index contributed by atoms with van der Waals surface area (Å²) in [4.78, 5) is 19.6. The van der Waals surface area contributed by atoms with Gasteiger partial charge in [0.05, 0.1) is 5.75 Å². The van der Waals surface area contributed by atoms with Crippen LogP contribution in [0.2, 0.25) is 0 Å². The van der Waals surface area contributed by atoms with Gasteiger partial charge < -0.3 is 0 Å². The molecule has 0 unspecified atom stereocenters. The van der Waals surface area contributed by atoms with Gasteiger partial charge in [-0.1, -0.05) is 11.8 Å². The van der Waals surface area contributed by atoms with Gasteiger partial charge in [0, 0.05) is 5.56 Å². The first kappa shape index (κ1) is 14.1. The number of rotatable bonds is 4. The predicted octanol–water partition coefficient (Wildman–Crippen LogP) is 3.57. The molecule has 0 spiro atoms. The number of fused-ring (bicyclic) bond motifs is 1. The van der Waals surface area contributed by atoms with Crippen molar-refractivity contribution in [3.05, 3.63) is 36.4 Å². The Bertz CT molecular complexity index is 802. The van der Waals surface area contributed by atoms with Crippen LogP contribution in [0.3, 0.4) is 0 Å². The predicted molar refractivity (Wildman–Crippen MR) is 82.0 cm³/mol. The van der Waals surface area contributed by atoms with E-state index in [0.29, 0.717) is 11.4 Å². The molecule has 0 fully saturated rings. The maximum absolute atomic E-state index is 13.0. The van der Waals surface area contributed by atoms with Gasteiger partial charge in [-0.05, 0) is 42.7 Å². The first-order valence-corrected chi connectivity index (χ1v) is 7.89. The van der Waals surface area contributed by atoms with E-state index in [1.807, 2.05) is 0 Å². The molecular formula is C14H10FN3OS2. The molecule has 0 aliphatic rings. The fourth-order valence-electron chi connectivity index (χ4n) is 1.81. The van der Waals surface area contributed by atoms with E-state index in [9.17, 15) is 9.18 Å². The van der Waals surface area contributed by atoms with Crippen LogP contribution in [0.4, 0.5) is 4.39 Å². The van der Waals surface area contributed by atoms with Gasteiger partial charge in [-0.15, -0.1) is 0 Å². The Labute approximate surface area is 128 Å². The van der Waals surface area contributed by atoms with E-state index in [1.54, 1.807) is 19.1 Å². The number of ketones is 1. The smallest absolute Gasteiger partial charge is 0.140 e. The minimum atomic E-state index is -0.286. The highest BCUT2D eigenvalue weighted by Gasteiger charge is 2.14. The molecule has 7 heteroatoms. The normalized spacial score (nSPS) is 11.0. The van der Waals surface area contributed by atoms with Crippen molar-refractivity contribution < 1.29 is 9.18 Å². The number of nitrogens with zero attached hydrogens (tertiary/aromatic N) is 3. The van der Waals surface area contributed by atoms with Crippen LogP contribution in [0.15, 0.2) is 35.6 Å². The number of carbonyl (C=O) groups is 1. The third kappa shape index (κ3) is 2.93. The Morgan fingerprint density at radius 3 is 2.76 bits per heavy atom. The molecular weight excluding hydrogens is 309 g/mol. The molecule has 0 saturated heterocycles. The molecule has 0 aliphatic carbocycles. The van der Waals surface area contributed by atoms with Crippen LogP contribution in [0.25, 0.3) is 21.5 Å². The van der Waals surface area contributed by atoms with Gasteiger partial charge in [-0.2, -0.15) is 4.37 Å². The van der Waals surface area contributed by atoms with Gasteiger partial charge >= 0.3 is 0 Å². The Hall–Kier alpha value is -1.86. The van der Waals surface area contributed by atoms with E-state index in [-0.39, 0.29) is 11.6 Å². The standard InChI is InChI=1S/C14H10FN3OS2/c1-8(19)6-20-14-13-12(16-7-17-14)11(18-21-13)9-2-4-10(15)5-3-9/h2-5,7H,6H2,1H3. The summed E-state index contributed by atoms with van der Waals surface area (Å²) < 4.78 is 18.3. The van der Waals surface area contributed by atoms with E-state index in [0.717, 1.165) is 20.8 Å². The monoisotopic (exact) mass is 319 g/mol. The van der Waals surface area contributed by atoms with Crippen LogP contribution in [0.1, 0.15) is 6.92 Å². The van der Waals surface area contributed by atoms with Crippen LogP contribution in [-0.2, 0) is 4.79 Å². The zero-order valence-corrected chi connectivity index (χ0v) is 12.7. The van der Waals surface area contributed by atoms with Crippen molar-refractivity contribution in [3.8, 4) is 11.3 Å². The quantitative estimate of drug-likeness (QED) is 0.543. The molecule has 0 amide bonds. The number of hydrogen-bond acceptors (Lipinski definition) is 6. The molecule has 21 heavy (non-hydrogen) atoms. The fourth-order valence-corrected chi connectivity index (χ4v) is 3.53. The Morgan fingerprint density at radius 1 is 1.29 bits per heavy atom. The number of carbonyl (C=O) groups excluding carboxylic acids is 1. The first-order chi connectivity index (χ1) is 10.1. The van der Waals surface area contributed by atoms with Crippen LogP contribution in [0.5, 0.6) is 0 Å². The summed E-state index contributed by atoms with van der Waals surface area (Å²) in [6.07, 6.45) is 1.46. The number of thioether (sulfide) groups is 1. The highest BCUT2D eigenvalue weighted by Crippen LogP contribution is 2.34.